The fraction of sp³-hybridized carbons (Fsp3) is 0.172. The molecule has 13 heteroatoms. The van der Waals surface area contributed by atoms with Crippen molar-refractivity contribution in [1.82, 2.24) is 4.98 Å². The van der Waals surface area contributed by atoms with Crippen LogP contribution in [0.15, 0.2) is 66.9 Å². The number of nitrogens with one attached hydrogen (secondary N) is 2. The minimum atomic E-state index is -1.30. The van der Waals surface area contributed by atoms with Gasteiger partial charge in [0, 0.05) is 35.1 Å². The molecule has 1 aliphatic rings. The number of ether oxygens (including phenoxy) is 3. The molecule has 0 atom stereocenters. The Morgan fingerprint density at radius 3 is 2.17 bits per heavy atom. The predicted molar refractivity (Wildman–Crippen MR) is 152 cm³/mol. The molecule has 1 fully saturated rings. The van der Waals surface area contributed by atoms with Crippen LogP contribution in [0.5, 0.6) is 23.0 Å². The second-order valence-corrected chi connectivity index (χ2v) is 9.26. The number of aromatic nitrogens is 1. The molecule has 214 valence electrons. The Bertz CT molecular complexity index is 1660. The van der Waals surface area contributed by atoms with Gasteiger partial charge in [-0.05, 0) is 61.4 Å². The van der Waals surface area contributed by atoms with E-state index < -0.39 is 41.4 Å². The lowest BCUT2D eigenvalue weighted by molar-refractivity contribution is -0.139. The smallest absolute Gasteiger partial charge is 0.341 e. The Labute approximate surface area is 254 Å². The number of carboxylic acid groups (broad SMARTS) is 1. The Balaban J connectivity index is 0.00000405. The zero-order valence-corrected chi connectivity index (χ0v) is 21.6. The van der Waals surface area contributed by atoms with Gasteiger partial charge < -0.3 is 30.0 Å². The van der Waals surface area contributed by atoms with E-state index >= 15 is 4.39 Å². The molecule has 0 radical (unpaired) electrons. The van der Waals surface area contributed by atoms with Crippen LogP contribution in [0.3, 0.4) is 0 Å². The van der Waals surface area contributed by atoms with Gasteiger partial charge in [-0.1, -0.05) is 0 Å². The zero-order chi connectivity index (χ0) is 29.1. The van der Waals surface area contributed by atoms with Gasteiger partial charge in [-0.2, -0.15) is 0 Å². The summed E-state index contributed by atoms with van der Waals surface area (Å²) in [6, 6.07) is 13.6. The normalized spacial score (nSPS) is 12.9. The quantitative estimate of drug-likeness (QED) is 0.185. The average Bonchev–Trinajstić information content (AvgIpc) is 3.77. The Hall–Kier alpha value is -4.49. The molecule has 1 heterocycles. The van der Waals surface area contributed by atoms with Crippen molar-refractivity contribution >= 4 is 63.1 Å². The summed E-state index contributed by atoms with van der Waals surface area (Å²) in [5, 5.41) is 14.5. The highest BCUT2D eigenvalue weighted by Gasteiger charge is 2.56. The predicted octanol–water partition coefficient (Wildman–Crippen LogP) is 4.22. The number of pyridine rings is 1. The van der Waals surface area contributed by atoms with Gasteiger partial charge in [0.2, 0.25) is 11.8 Å². The molecule has 42 heavy (non-hydrogen) atoms. The number of hydrogen-bond acceptors (Lipinski definition) is 7. The fourth-order valence-electron chi connectivity index (χ4n) is 4.13. The summed E-state index contributed by atoms with van der Waals surface area (Å²) in [5.74, 6) is -3.01. The minimum Gasteiger partial charge on any atom is -0.493 e. The first kappa shape index (κ1) is 30.5. The lowest BCUT2D eigenvalue weighted by atomic mass is 10.0. The van der Waals surface area contributed by atoms with Crippen LogP contribution in [0.4, 0.5) is 20.2 Å². The molecule has 5 rings (SSSR count). The zero-order valence-electron chi connectivity index (χ0n) is 21.6. The third-order valence-corrected chi connectivity index (χ3v) is 6.47. The molecule has 1 aromatic heterocycles. The van der Waals surface area contributed by atoms with Crippen LogP contribution in [0.1, 0.15) is 12.8 Å². The second kappa shape index (κ2) is 12.6. The van der Waals surface area contributed by atoms with Crippen LogP contribution < -0.4 is 24.8 Å². The summed E-state index contributed by atoms with van der Waals surface area (Å²) >= 11 is 0. The summed E-state index contributed by atoms with van der Waals surface area (Å²) in [6.07, 6.45) is 2.07. The van der Waals surface area contributed by atoms with Crippen LogP contribution in [0.25, 0.3) is 10.9 Å². The van der Waals surface area contributed by atoms with Gasteiger partial charge in [0.15, 0.2) is 29.7 Å². The Morgan fingerprint density at radius 2 is 1.55 bits per heavy atom. The SMILES string of the molecule is COc1cc2c(Oc3ccc(NC(=O)C4(C(=O)Nc5ccc(F)cc5)CC4)cc3F)ccnc2cc1OCC(=O)O.[MgH2]. The van der Waals surface area contributed by atoms with E-state index in [1.807, 2.05) is 0 Å². The third kappa shape index (κ3) is 6.52. The van der Waals surface area contributed by atoms with E-state index in [9.17, 15) is 18.8 Å². The second-order valence-electron chi connectivity index (χ2n) is 9.26. The highest BCUT2D eigenvalue weighted by Crippen LogP contribution is 2.47. The van der Waals surface area contributed by atoms with Crippen molar-refractivity contribution in [3.05, 3.63) is 78.5 Å². The van der Waals surface area contributed by atoms with Crippen molar-refractivity contribution in [2.45, 2.75) is 12.8 Å². The minimum absolute atomic E-state index is 0. The van der Waals surface area contributed by atoms with Crippen molar-refractivity contribution in [1.29, 1.82) is 0 Å². The molecule has 2 amide bonds. The summed E-state index contributed by atoms with van der Waals surface area (Å²) in [4.78, 5) is 40.8. The first-order valence-electron chi connectivity index (χ1n) is 12.4. The standard InChI is InChI=1S/C29H23F2N3O7.Mg.2H/c1-39-24-13-19-21(14-25(24)40-15-26(35)36)32-11-8-22(19)41-23-7-6-18(12-20(23)31)34-28(38)29(9-10-29)27(37)33-17-4-2-16(30)3-5-17;;;/h2-8,11-14H,9-10,15H2,1H3,(H,33,37)(H,34,38)(H,35,36);;;. The number of fused-ring (bicyclic) bond motifs is 1. The summed E-state index contributed by atoms with van der Waals surface area (Å²) in [5.41, 5.74) is -0.431. The number of halogens is 2. The van der Waals surface area contributed by atoms with Gasteiger partial charge in [-0.25, -0.2) is 13.6 Å². The number of hydrogen-bond donors (Lipinski definition) is 3. The Morgan fingerprint density at radius 1 is 0.881 bits per heavy atom. The van der Waals surface area contributed by atoms with E-state index in [1.165, 1.54) is 67.9 Å². The molecule has 0 saturated heterocycles. The summed E-state index contributed by atoms with van der Waals surface area (Å²) in [7, 11) is 1.39. The van der Waals surface area contributed by atoms with Crippen molar-refractivity contribution in [2.24, 2.45) is 5.41 Å². The number of amides is 2. The number of aliphatic carboxylic acids is 1. The first-order valence-corrected chi connectivity index (χ1v) is 12.4. The molecular weight excluding hydrogens is 565 g/mol. The van der Waals surface area contributed by atoms with Crippen LogP contribution in [0, 0.1) is 17.0 Å². The number of methoxy groups -OCH3 is 1. The number of anilines is 2. The summed E-state index contributed by atoms with van der Waals surface area (Å²) < 4.78 is 44.6. The van der Waals surface area contributed by atoms with Gasteiger partial charge in [0.25, 0.3) is 0 Å². The van der Waals surface area contributed by atoms with Gasteiger partial charge in [-0.15, -0.1) is 0 Å². The fourth-order valence-corrected chi connectivity index (χ4v) is 4.13. The summed E-state index contributed by atoms with van der Waals surface area (Å²) in [6.45, 7) is -0.577. The number of carboxylic acids is 1. The van der Waals surface area contributed by atoms with Crippen molar-refractivity contribution < 1.29 is 42.5 Å². The van der Waals surface area contributed by atoms with Crippen LogP contribution in [-0.4, -0.2) is 64.6 Å². The molecular formula is C29H25F2MgN3O7. The number of nitrogens with zero attached hydrogens (tertiary/aromatic N) is 1. The third-order valence-electron chi connectivity index (χ3n) is 6.47. The maximum Gasteiger partial charge on any atom is 0.341 e. The maximum atomic E-state index is 15.1. The molecule has 4 aromatic rings. The van der Waals surface area contributed by atoms with E-state index in [-0.39, 0.29) is 51.7 Å². The van der Waals surface area contributed by atoms with Crippen LogP contribution in [0.2, 0.25) is 0 Å². The van der Waals surface area contributed by atoms with Crippen molar-refractivity contribution in [3.8, 4) is 23.0 Å². The maximum absolute atomic E-state index is 15.1. The van der Waals surface area contributed by atoms with Gasteiger partial charge in [0.05, 0.1) is 12.6 Å². The largest absolute Gasteiger partial charge is 0.493 e. The Kier molecular flexibility index (Phi) is 9.12. The molecule has 10 nitrogen and oxygen atoms in total. The molecule has 1 saturated carbocycles. The lowest BCUT2D eigenvalue weighted by Gasteiger charge is -2.16. The lowest BCUT2D eigenvalue weighted by Crippen LogP contribution is -2.35. The molecule has 0 unspecified atom stereocenters. The van der Waals surface area contributed by atoms with Crippen LogP contribution >= 0.6 is 0 Å². The highest BCUT2D eigenvalue weighted by atomic mass is 24.3. The first-order chi connectivity index (χ1) is 19.7. The number of carbonyl (C=O) groups is 3. The van der Waals surface area contributed by atoms with E-state index in [2.05, 4.69) is 15.6 Å². The van der Waals surface area contributed by atoms with E-state index in [0.29, 0.717) is 29.4 Å². The van der Waals surface area contributed by atoms with Crippen molar-refractivity contribution in [3.63, 3.8) is 0 Å². The monoisotopic (exact) mass is 589 g/mol. The molecule has 0 spiro atoms. The van der Waals surface area contributed by atoms with Crippen LogP contribution in [-0.2, 0) is 14.4 Å². The van der Waals surface area contributed by atoms with E-state index in [4.69, 9.17) is 19.3 Å². The number of carbonyl (C=O) groups excluding carboxylic acids is 2. The van der Waals surface area contributed by atoms with E-state index in [1.54, 1.807) is 0 Å². The number of rotatable bonds is 10. The topological polar surface area (TPSA) is 136 Å². The molecule has 3 aromatic carbocycles. The van der Waals surface area contributed by atoms with Crippen molar-refractivity contribution in [2.75, 3.05) is 24.4 Å². The highest BCUT2D eigenvalue weighted by molar-refractivity contribution is 6.16. The molecule has 0 aliphatic heterocycles. The molecule has 0 bridgehead atoms. The molecule has 3 N–H and O–H groups in total. The van der Waals surface area contributed by atoms with Gasteiger partial charge in [-0.3, -0.25) is 14.6 Å². The van der Waals surface area contributed by atoms with E-state index in [0.717, 1.165) is 6.07 Å². The van der Waals surface area contributed by atoms with Gasteiger partial charge in [0.1, 0.15) is 17.0 Å². The average molecular weight is 590 g/mol. The van der Waals surface area contributed by atoms with Gasteiger partial charge >= 0.3 is 29.0 Å². The molecule has 1 aliphatic carbocycles. The number of benzene rings is 3.